The van der Waals surface area contributed by atoms with Gasteiger partial charge in [0, 0.05) is 20.1 Å². The van der Waals surface area contributed by atoms with Gasteiger partial charge in [0.15, 0.2) is 0 Å². The van der Waals surface area contributed by atoms with Gasteiger partial charge in [-0.1, -0.05) is 17.7 Å². The van der Waals surface area contributed by atoms with Crippen LogP contribution in [0.2, 0.25) is 5.02 Å². The van der Waals surface area contributed by atoms with Crippen LogP contribution in [0, 0.1) is 0 Å². The zero-order valence-corrected chi connectivity index (χ0v) is 12.3. The fraction of sp³-hybridized carbons (Fsp3) is 0.385. The third kappa shape index (κ3) is 3.44. The summed E-state index contributed by atoms with van der Waals surface area (Å²) in [6, 6.07) is 2.38. The molecule has 0 unspecified atom stereocenters. The molecule has 1 aliphatic heterocycles. The van der Waals surface area contributed by atoms with Gasteiger partial charge in [-0.2, -0.15) is 13.2 Å². The van der Waals surface area contributed by atoms with Crippen LogP contribution in [0.25, 0.3) is 0 Å². The van der Waals surface area contributed by atoms with Crippen molar-refractivity contribution < 1.29 is 22.8 Å². The molecule has 1 saturated heterocycles. The molecule has 0 saturated carbocycles. The van der Waals surface area contributed by atoms with Gasteiger partial charge in [-0.3, -0.25) is 4.79 Å². The van der Waals surface area contributed by atoms with Gasteiger partial charge in [-0.25, -0.2) is 4.79 Å². The van der Waals surface area contributed by atoms with Crippen LogP contribution in [0.15, 0.2) is 18.2 Å². The van der Waals surface area contributed by atoms with Gasteiger partial charge < -0.3 is 15.5 Å². The highest BCUT2D eigenvalue weighted by Gasteiger charge is 2.34. The molecule has 1 aliphatic rings. The molecular formula is C13H13ClF3N3O2. The van der Waals surface area contributed by atoms with Crippen LogP contribution in [0.5, 0.6) is 0 Å². The van der Waals surface area contributed by atoms with E-state index in [1.807, 2.05) is 0 Å². The molecule has 120 valence electrons. The average Bonchev–Trinajstić information content (AvgIpc) is 2.76. The Morgan fingerprint density at radius 3 is 2.73 bits per heavy atom. The Bertz CT molecular complexity index is 607. The molecule has 1 heterocycles. The number of urea groups is 1. The maximum absolute atomic E-state index is 12.7. The summed E-state index contributed by atoms with van der Waals surface area (Å²) in [7, 11) is 1.47. The monoisotopic (exact) mass is 335 g/mol. The van der Waals surface area contributed by atoms with Crippen LogP contribution in [0.4, 0.5) is 18.0 Å². The molecular weight excluding hydrogens is 323 g/mol. The van der Waals surface area contributed by atoms with E-state index in [1.165, 1.54) is 18.0 Å². The normalized spacial score (nSPS) is 18.3. The number of carbonyl (C=O) groups excluding carboxylic acids is 2. The van der Waals surface area contributed by atoms with Crippen molar-refractivity contribution in [3.8, 4) is 0 Å². The standard InChI is InChI=1S/C13H13ClF3N3O2/c1-20-10(6-19-12(20)22)11(21)18-5-7-2-3-9(14)8(4-7)13(15,16)17/h2-4,10H,5-6H2,1H3,(H,18,21)(H,19,22)/t10-/m0/s1. The van der Waals surface area contributed by atoms with E-state index in [9.17, 15) is 22.8 Å². The first-order valence-electron chi connectivity index (χ1n) is 6.34. The Balaban J connectivity index is 2.03. The number of benzene rings is 1. The molecule has 1 fully saturated rings. The largest absolute Gasteiger partial charge is 0.417 e. The molecule has 1 aromatic rings. The van der Waals surface area contributed by atoms with E-state index in [0.717, 1.165) is 12.1 Å². The molecule has 0 aromatic heterocycles. The maximum atomic E-state index is 12.7. The number of carbonyl (C=O) groups is 2. The highest BCUT2D eigenvalue weighted by Crippen LogP contribution is 2.35. The topological polar surface area (TPSA) is 61.4 Å². The third-order valence-corrected chi connectivity index (χ3v) is 3.67. The first-order valence-corrected chi connectivity index (χ1v) is 6.72. The van der Waals surface area contributed by atoms with Crippen LogP contribution in [-0.4, -0.2) is 36.5 Å². The van der Waals surface area contributed by atoms with Crippen molar-refractivity contribution in [1.29, 1.82) is 0 Å². The predicted molar refractivity (Wildman–Crippen MR) is 73.3 cm³/mol. The summed E-state index contributed by atoms with van der Waals surface area (Å²) >= 11 is 5.52. The Labute approximate surface area is 129 Å². The molecule has 9 heteroatoms. The van der Waals surface area contributed by atoms with Crippen LogP contribution in [-0.2, 0) is 17.5 Å². The molecule has 1 aromatic carbocycles. The van der Waals surface area contributed by atoms with Gasteiger partial charge >= 0.3 is 12.2 Å². The minimum Gasteiger partial charge on any atom is -0.350 e. The summed E-state index contributed by atoms with van der Waals surface area (Å²) in [5.41, 5.74) is -0.680. The van der Waals surface area contributed by atoms with Gasteiger partial charge in [0.25, 0.3) is 0 Å². The van der Waals surface area contributed by atoms with Crippen molar-refractivity contribution in [2.24, 2.45) is 0 Å². The molecule has 0 radical (unpaired) electrons. The minimum atomic E-state index is -4.56. The molecule has 2 rings (SSSR count). The zero-order chi connectivity index (χ0) is 16.5. The molecule has 0 spiro atoms. The first kappa shape index (κ1) is 16.4. The average molecular weight is 336 g/mol. The summed E-state index contributed by atoms with van der Waals surface area (Å²) in [6.07, 6.45) is -4.56. The van der Waals surface area contributed by atoms with Gasteiger partial charge in [0.05, 0.1) is 10.6 Å². The number of nitrogens with one attached hydrogen (secondary N) is 2. The van der Waals surface area contributed by atoms with Crippen molar-refractivity contribution in [1.82, 2.24) is 15.5 Å². The molecule has 0 aliphatic carbocycles. The smallest absolute Gasteiger partial charge is 0.350 e. The van der Waals surface area contributed by atoms with Crippen LogP contribution in [0.1, 0.15) is 11.1 Å². The molecule has 5 nitrogen and oxygen atoms in total. The SMILES string of the molecule is CN1C(=O)NC[C@H]1C(=O)NCc1ccc(Cl)c(C(F)(F)F)c1. The lowest BCUT2D eigenvalue weighted by Gasteiger charge is -2.17. The second kappa shape index (κ2) is 6.04. The van der Waals surface area contributed by atoms with E-state index in [4.69, 9.17) is 11.6 Å². The number of hydrogen-bond donors (Lipinski definition) is 2. The highest BCUT2D eigenvalue weighted by atomic mass is 35.5. The van der Waals surface area contributed by atoms with Crippen molar-refractivity contribution >= 4 is 23.5 Å². The minimum absolute atomic E-state index is 0.0857. The number of halogens is 4. The third-order valence-electron chi connectivity index (χ3n) is 3.34. The number of amides is 3. The molecule has 22 heavy (non-hydrogen) atoms. The van der Waals surface area contributed by atoms with E-state index in [2.05, 4.69) is 10.6 Å². The second-order valence-electron chi connectivity index (χ2n) is 4.84. The van der Waals surface area contributed by atoms with Gasteiger partial charge in [-0.05, 0) is 17.7 Å². The summed E-state index contributed by atoms with van der Waals surface area (Å²) < 4.78 is 38.2. The Morgan fingerprint density at radius 2 is 2.18 bits per heavy atom. The van der Waals surface area contributed by atoms with E-state index in [0.29, 0.717) is 0 Å². The summed E-state index contributed by atoms with van der Waals surface area (Å²) in [5, 5.41) is 4.61. The lowest BCUT2D eigenvalue weighted by atomic mass is 10.1. The summed E-state index contributed by atoms with van der Waals surface area (Å²) in [4.78, 5) is 24.4. The quantitative estimate of drug-likeness (QED) is 0.887. The summed E-state index contributed by atoms with van der Waals surface area (Å²) in [5.74, 6) is -0.440. The van der Waals surface area contributed by atoms with Crippen LogP contribution in [0.3, 0.4) is 0 Å². The predicted octanol–water partition coefficient (Wildman–Crippen LogP) is 2.00. The zero-order valence-electron chi connectivity index (χ0n) is 11.5. The number of rotatable bonds is 3. The van der Waals surface area contributed by atoms with E-state index < -0.39 is 28.7 Å². The molecule has 3 amide bonds. The number of nitrogens with zero attached hydrogens (tertiary/aromatic N) is 1. The summed E-state index contributed by atoms with van der Waals surface area (Å²) in [6.45, 7) is 0.0766. The van der Waals surface area contributed by atoms with E-state index in [-0.39, 0.29) is 24.7 Å². The lowest BCUT2D eigenvalue weighted by molar-refractivity contribution is -0.137. The molecule has 0 bridgehead atoms. The van der Waals surface area contributed by atoms with Crippen molar-refractivity contribution in [2.75, 3.05) is 13.6 Å². The van der Waals surface area contributed by atoms with E-state index in [1.54, 1.807) is 0 Å². The van der Waals surface area contributed by atoms with Crippen molar-refractivity contribution in [3.63, 3.8) is 0 Å². The fourth-order valence-electron chi connectivity index (χ4n) is 2.06. The van der Waals surface area contributed by atoms with E-state index >= 15 is 0 Å². The number of alkyl halides is 3. The highest BCUT2D eigenvalue weighted by molar-refractivity contribution is 6.31. The van der Waals surface area contributed by atoms with Gasteiger partial charge in [0.1, 0.15) is 6.04 Å². The molecule has 2 N–H and O–H groups in total. The molecule has 1 atom stereocenters. The first-order chi connectivity index (χ1) is 10.2. The fourth-order valence-corrected chi connectivity index (χ4v) is 2.29. The Hall–Kier alpha value is -1.96. The number of hydrogen-bond acceptors (Lipinski definition) is 2. The maximum Gasteiger partial charge on any atom is 0.417 e. The second-order valence-corrected chi connectivity index (χ2v) is 5.25. The van der Waals surface area contributed by atoms with Gasteiger partial charge in [-0.15, -0.1) is 0 Å². The van der Waals surface area contributed by atoms with Crippen molar-refractivity contribution in [3.05, 3.63) is 34.3 Å². The van der Waals surface area contributed by atoms with Crippen LogP contribution >= 0.6 is 11.6 Å². The van der Waals surface area contributed by atoms with Gasteiger partial charge in [0.2, 0.25) is 5.91 Å². The Morgan fingerprint density at radius 1 is 1.50 bits per heavy atom. The Kier molecular flexibility index (Phi) is 4.50. The van der Waals surface area contributed by atoms with Crippen molar-refractivity contribution in [2.45, 2.75) is 18.8 Å². The number of likely N-dealkylation sites (N-methyl/N-ethyl adjacent to an activating group) is 1. The lowest BCUT2D eigenvalue weighted by Crippen LogP contribution is -2.43. The van der Waals surface area contributed by atoms with Crippen LogP contribution < -0.4 is 10.6 Å².